The number of nitrogens with zero attached hydrogens (tertiary/aromatic N) is 1. The van der Waals surface area contributed by atoms with Gasteiger partial charge in [-0.25, -0.2) is 18.2 Å². The van der Waals surface area contributed by atoms with Crippen LogP contribution in [0.25, 0.3) is 11.0 Å². The first-order valence-electron chi connectivity index (χ1n) is 11.6. The van der Waals surface area contributed by atoms with Gasteiger partial charge in [0, 0.05) is 0 Å². The first kappa shape index (κ1) is 31.4. The smallest absolute Gasteiger partial charge is 0.475 e. The van der Waals surface area contributed by atoms with Crippen LogP contribution in [0.15, 0.2) is 36.4 Å². The normalized spacial score (nSPS) is 17.4. The van der Waals surface area contributed by atoms with Gasteiger partial charge in [0.15, 0.2) is 0 Å². The van der Waals surface area contributed by atoms with Crippen molar-refractivity contribution < 1.29 is 54.3 Å². The molecule has 0 saturated carbocycles. The highest BCUT2D eigenvalue weighted by Gasteiger charge is 2.41. The summed E-state index contributed by atoms with van der Waals surface area (Å²) >= 11 is 0. The Kier molecular flexibility index (Phi) is 8.71. The van der Waals surface area contributed by atoms with Gasteiger partial charge in [0.25, 0.3) is 0 Å². The van der Waals surface area contributed by atoms with Crippen molar-refractivity contribution in [1.29, 1.82) is 0 Å². The molecule has 1 saturated heterocycles. The van der Waals surface area contributed by atoms with Crippen LogP contribution in [-0.2, 0) is 30.8 Å². The van der Waals surface area contributed by atoms with Crippen LogP contribution in [0.3, 0.4) is 0 Å². The predicted molar refractivity (Wildman–Crippen MR) is 131 cm³/mol. The zero-order valence-electron chi connectivity index (χ0n) is 21.1. The van der Waals surface area contributed by atoms with Gasteiger partial charge in [0.2, 0.25) is 15.9 Å². The number of imidazole rings is 1. The van der Waals surface area contributed by atoms with Crippen molar-refractivity contribution in [2.24, 2.45) is 0 Å². The van der Waals surface area contributed by atoms with Crippen LogP contribution >= 0.6 is 0 Å². The van der Waals surface area contributed by atoms with E-state index >= 15 is 0 Å². The molecule has 1 aliphatic rings. The van der Waals surface area contributed by atoms with Gasteiger partial charge in [-0.15, -0.1) is 0 Å². The number of alkyl halides is 6. The number of halogens is 6. The number of aliphatic carboxylic acids is 1. The average molecular weight is 609 g/mol. The summed E-state index contributed by atoms with van der Waals surface area (Å²) in [5.74, 6) is -5.29. The van der Waals surface area contributed by atoms with Gasteiger partial charge in [0.1, 0.15) is 11.1 Å². The Morgan fingerprint density at radius 3 is 2.10 bits per heavy atom. The SMILES string of the molecule is Cc1cc2nc([C@H](Cc3ccc(C4CC(=O)NS4(=O)=O)cc3)NC(=O)C(F)(F)F)[nH]c2cc1C.O=C(O)C(F)(F)F. The standard InChI is InChI=1S/C22H21F3N4O4S.C2HF3O2/c1-11-7-15-16(8-12(11)2)27-20(26-15)17(28-21(31)22(23,24)25)9-13-3-5-14(6-4-13)18-10-19(30)29-34(18,32)33;3-2(4,5)1(6)7/h3-8,17-18H,9-10H2,1-2H3,(H,26,27)(H,28,31)(H,29,30);(H,6,7)/t17-,18?;/m0./s1. The highest BCUT2D eigenvalue weighted by Crippen LogP contribution is 2.31. The van der Waals surface area contributed by atoms with Crippen molar-refractivity contribution >= 4 is 38.8 Å². The number of carbonyl (C=O) groups is 3. The number of rotatable bonds is 5. The molecule has 3 aromatic rings. The zero-order chi connectivity index (χ0) is 30.9. The molecule has 4 N–H and O–H groups in total. The first-order valence-corrected chi connectivity index (χ1v) is 13.1. The molecular weight excluding hydrogens is 586 g/mol. The number of hydrogen-bond donors (Lipinski definition) is 4. The Morgan fingerprint density at radius 1 is 1.05 bits per heavy atom. The molecule has 1 unspecified atom stereocenters. The Morgan fingerprint density at radius 2 is 1.61 bits per heavy atom. The quantitative estimate of drug-likeness (QED) is 0.322. The lowest BCUT2D eigenvalue weighted by atomic mass is 10.0. The molecule has 0 radical (unpaired) electrons. The zero-order valence-corrected chi connectivity index (χ0v) is 22.0. The van der Waals surface area contributed by atoms with Gasteiger partial charge in [-0.2, -0.15) is 26.3 Å². The molecule has 2 aromatic carbocycles. The Balaban J connectivity index is 0.000000587. The molecule has 0 bridgehead atoms. The third-order valence-electron chi connectivity index (χ3n) is 6.04. The fourth-order valence-corrected chi connectivity index (χ4v) is 5.29. The van der Waals surface area contributed by atoms with Crippen molar-refractivity contribution in [1.82, 2.24) is 20.0 Å². The summed E-state index contributed by atoms with van der Waals surface area (Å²) in [6.45, 7) is 3.79. The van der Waals surface area contributed by atoms with Crippen molar-refractivity contribution in [2.75, 3.05) is 0 Å². The molecule has 2 amide bonds. The van der Waals surface area contributed by atoms with E-state index in [-0.39, 0.29) is 18.7 Å². The van der Waals surface area contributed by atoms with Crippen molar-refractivity contribution in [3.05, 3.63) is 64.5 Å². The second kappa shape index (κ2) is 11.4. The van der Waals surface area contributed by atoms with Crippen LogP contribution in [0.2, 0.25) is 0 Å². The number of H-pyrrole nitrogens is 1. The average Bonchev–Trinajstić information content (AvgIpc) is 3.36. The lowest BCUT2D eigenvalue weighted by Crippen LogP contribution is -2.40. The summed E-state index contributed by atoms with van der Waals surface area (Å²) in [6, 6.07) is 8.63. The van der Waals surface area contributed by atoms with Crippen LogP contribution in [0.4, 0.5) is 26.3 Å². The second-order valence-electron chi connectivity index (χ2n) is 9.11. The third kappa shape index (κ3) is 7.74. The number of nitrogens with one attached hydrogen (secondary N) is 3. The number of aromatic amines is 1. The number of carboxylic acid groups (broad SMARTS) is 1. The topological polar surface area (TPSA) is 158 Å². The van der Waals surface area contributed by atoms with Crippen LogP contribution in [0.5, 0.6) is 0 Å². The lowest BCUT2D eigenvalue weighted by Gasteiger charge is -2.18. The molecule has 0 aliphatic carbocycles. The minimum Gasteiger partial charge on any atom is -0.475 e. The molecule has 41 heavy (non-hydrogen) atoms. The minimum absolute atomic E-state index is 0.0333. The molecule has 222 valence electrons. The third-order valence-corrected chi connectivity index (χ3v) is 7.74. The number of fused-ring (bicyclic) bond motifs is 1. The maximum atomic E-state index is 13.0. The van der Waals surface area contributed by atoms with Crippen molar-refractivity contribution in [3.8, 4) is 0 Å². The Bertz CT molecular complexity index is 1540. The summed E-state index contributed by atoms with van der Waals surface area (Å²) in [5.41, 5.74) is 4.05. The molecule has 0 spiro atoms. The molecule has 17 heteroatoms. The summed E-state index contributed by atoms with van der Waals surface area (Å²) in [6.07, 6.45) is -10.4. The van der Waals surface area contributed by atoms with Crippen molar-refractivity contribution in [3.63, 3.8) is 0 Å². The summed E-state index contributed by atoms with van der Waals surface area (Å²) in [5, 5.41) is 8.09. The molecular formula is C24H22F6N4O6S. The minimum atomic E-state index is -5.08. The number of sulfonamides is 1. The van der Waals surface area contributed by atoms with Gasteiger partial charge in [-0.05, 0) is 54.7 Å². The summed E-state index contributed by atoms with van der Waals surface area (Å²) in [7, 11) is -3.82. The van der Waals surface area contributed by atoms with E-state index in [9.17, 15) is 44.3 Å². The first-order chi connectivity index (χ1) is 18.8. The molecule has 10 nitrogen and oxygen atoms in total. The highest BCUT2D eigenvalue weighted by molar-refractivity contribution is 7.90. The van der Waals surface area contributed by atoms with E-state index in [1.807, 2.05) is 30.0 Å². The number of carboxylic acids is 1. The van der Waals surface area contributed by atoms with Crippen LogP contribution in [-0.4, -0.2) is 53.6 Å². The summed E-state index contributed by atoms with van der Waals surface area (Å²) in [4.78, 5) is 39.5. The predicted octanol–water partition coefficient (Wildman–Crippen LogP) is 3.67. The van der Waals surface area contributed by atoms with E-state index in [2.05, 4.69) is 9.97 Å². The van der Waals surface area contributed by atoms with Gasteiger partial charge < -0.3 is 15.4 Å². The van der Waals surface area contributed by atoms with Gasteiger partial charge in [0.05, 0.1) is 23.5 Å². The second-order valence-corrected chi connectivity index (χ2v) is 11.0. The van der Waals surface area contributed by atoms with E-state index in [0.717, 1.165) is 11.1 Å². The summed E-state index contributed by atoms with van der Waals surface area (Å²) < 4.78 is 96.7. The molecule has 4 rings (SSSR count). The number of hydrogen-bond acceptors (Lipinski definition) is 6. The molecule has 1 aromatic heterocycles. The largest absolute Gasteiger partial charge is 0.490 e. The number of carbonyl (C=O) groups excluding carboxylic acids is 2. The Hall–Kier alpha value is -4.15. The van der Waals surface area contributed by atoms with E-state index in [1.54, 1.807) is 18.2 Å². The number of aryl methyl sites for hydroxylation is 2. The monoisotopic (exact) mass is 608 g/mol. The fourth-order valence-electron chi connectivity index (χ4n) is 3.86. The Labute approximate surface area is 228 Å². The number of amides is 2. The van der Waals surface area contributed by atoms with E-state index in [4.69, 9.17) is 9.90 Å². The molecule has 2 atom stereocenters. The lowest BCUT2D eigenvalue weighted by molar-refractivity contribution is -0.192. The van der Waals surface area contributed by atoms with E-state index < -0.39 is 51.5 Å². The molecule has 2 heterocycles. The van der Waals surface area contributed by atoms with Gasteiger partial charge >= 0.3 is 24.2 Å². The highest BCUT2D eigenvalue weighted by atomic mass is 32.2. The van der Waals surface area contributed by atoms with Crippen LogP contribution < -0.4 is 10.0 Å². The maximum absolute atomic E-state index is 13.0. The fraction of sp³-hybridized carbons (Fsp3) is 0.333. The van der Waals surface area contributed by atoms with E-state index in [0.29, 0.717) is 22.2 Å². The van der Waals surface area contributed by atoms with Crippen molar-refractivity contribution in [2.45, 2.75) is 50.3 Å². The van der Waals surface area contributed by atoms with Crippen LogP contribution in [0.1, 0.15) is 45.8 Å². The number of aromatic nitrogens is 2. The van der Waals surface area contributed by atoms with E-state index in [1.165, 1.54) is 12.1 Å². The maximum Gasteiger partial charge on any atom is 0.490 e. The van der Waals surface area contributed by atoms with Gasteiger partial charge in [-0.3, -0.25) is 14.3 Å². The van der Waals surface area contributed by atoms with Crippen LogP contribution in [0, 0.1) is 13.8 Å². The number of benzene rings is 2. The molecule has 1 fully saturated rings. The van der Waals surface area contributed by atoms with Gasteiger partial charge in [-0.1, -0.05) is 24.3 Å². The molecule has 1 aliphatic heterocycles.